The second kappa shape index (κ2) is 10.4. The number of halogens is 2. The minimum absolute atomic E-state index is 0.0499. The van der Waals surface area contributed by atoms with Crippen molar-refractivity contribution < 1.29 is 22.0 Å². The number of carbonyl (C=O) groups excluding carboxylic acids is 1. The molecule has 0 aliphatic carbocycles. The zero-order valence-corrected chi connectivity index (χ0v) is 19.6. The zero-order chi connectivity index (χ0) is 23.3. The number of amides is 1. The summed E-state index contributed by atoms with van der Waals surface area (Å²) >= 11 is 6.89. The Morgan fingerprint density at radius 3 is 2.62 bits per heavy atom. The number of nitrogens with zero attached hydrogens (tertiary/aromatic N) is 3. The minimum Gasteiger partial charge on any atom is -0.411 e. The molecular formula is C20H20ClFN4O4S2. The molecule has 2 aromatic carbocycles. The van der Waals surface area contributed by atoms with E-state index in [1.54, 1.807) is 26.0 Å². The van der Waals surface area contributed by atoms with E-state index in [0.717, 1.165) is 17.8 Å². The van der Waals surface area contributed by atoms with Gasteiger partial charge >= 0.3 is 0 Å². The number of anilines is 1. The lowest BCUT2D eigenvalue weighted by molar-refractivity contribution is -0.113. The van der Waals surface area contributed by atoms with Crippen molar-refractivity contribution in [3.63, 3.8) is 0 Å². The minimum atomic E-state index is -3.63. The molecule has 8 nitrogen and oxygen atoms in total. The maximum absolute atomic E-state index is 13.1. The summed E-state index contributed by atoms with van der Waals surface area (Å²) in [5.74, 6) is -0.817. The summed E-state index contributed by atoms with van der Waals surface area (Å²) in [4.78, 5) is 12.3. The van der Waals surface area contributed by atoms with Crippen LogP contribution in [0.3, 0.4) is 0 Å². The third kappa shape index (κ3) is 5.66. The normalized spacial score (nSPS) is 11.7. The zero-order valence-electron chi connectivity index (χ0n) is 17.2. The van der Waals surface area contributed by atoms with Crippen molar-refractivity contribution in [2.75, 3.05) is 24.2 Å². The third-order valence-corrected chi connectivity index (χ3v) is 7.54. The molecule has 3 rings (SSSR count). The number of benzene rings is 2. The van der Waals surface area contributed by atoms with Crippen LogP contribution < -0.4 is 5.32 Å². The molecule has 12 heteroatoms. The van der Waals surface area contributed by atoms with Gasteiger partial charge in [0.2, 0.25) is 21.8 Å². The molecule has 0 atom stereocenters. The molecule has 0 spiro atoms. The first-order chi connectivity index (χ1) is 15.2. The van der Waals surface area contributed by atoms with Crippen molar-refractivity contribution in [2.45, 2.75) is 24.0 Å². The fourth-order valence-corrected chi connectivity index (χ4v) is 5.07. The van der Waals surface area contributed by atoms with Gasteiger partial charge in [0.05, 0.1) is 21.4 Å². The summed E-state index contributed by atoms with van der Waals surface area (Å²) in [7, 11) is -3.63. The largest absolute Gasteiger partial charge is 0.411 e. The van der Waals surface area contributed by atoms with Gasteiger partial charge in [0.1, 0.15) is 5.82 Å². The average Bonchev–Trinajstić information content (AvgIpc) is 3.24. The molecule has 1 amide bonds. The highest BCUT2D eigenvalue weighted by molar-refractivity contribution is 7.99. The van der Waals surface area contributed by atoms with Gasteiger partial charge in [0.15, 0.2) is 0 Å². The number of rotatable bonds is 9. The third-order valence-electron chi connectivity index (χ3n) is 4.36. The topological polar surface area (TPSA) is 105 Å². The summed E-state index contributed by atoms with van der Waals surface area (Å²) < 4.78 is 45.5. The van der Waals surface area contributed by atoms with Crippen molar-refractivity contribution in [1.29, 1.82) is 0 Å². The lowest BCUT2D eigenvalue weighted by Crippen LogP contribution is -2.30. The lowest BCUT2D eigenvalue weighted by Gasteiger charge is -2.18. The Kier molecular flexibility index (Phi) is 7.88. The van der Waals surface area contributed by atoms with Crippen LogP contribution in [0.15, 0.2) is 57.0 Å². The summed E-state index contributed by atoms with van der Waals surface area (Å²) in [6.45, 7) is 4.25. The van der Waals surface area contributed by atoms with Crippen LogP contribution in [0.1, 0.15) is 13.8 Å². The molecule has 0 fully saturated rings. The van der Waals surface area contributed by atoms with E-state index < -0.39 is 21.7 Å². The van der Waals surface area contributed by atoms with E-state index in [4.69, 9.17) is 16.0 Å². The van der Waals surface area contributed by atoms with Crippen LogP contribution in [-0.4, -0.2) is 47.7 Å². The number of hydrogen-bond donors (Lipinski definition) is 1. The van der Waals surface area contributed by atoms with Crippen LogP contribution in [0.5, 0.6) is 0 Å². The molecule has 1 aromatic heterocycles. The molecule has 0 aliphatic heterocycles. The van der Waals surface area contributed by atoms with E-state index >= 15 is 0 Å². The Morgan fingerprint density at radius 1 is 1.19 bits per heavy atom. The van der Waals surface area contributed by atoms with Gasteiger partial charge in [0.25, 0.3) is 5.22 Å². The van der Waals surface area contributed by atoms with E-state index in [1.807, 2.05) is 0 Å². The molecule has 0 saturated carbocycles. The maximum Gasteiger partial charge on any atom is 0.277 e. The quantitative estimate of drug-likeness (QED) is 0.438. The predicted molar refractivity (Wildman–Crippen MR) is 121 cm³/mol. The molecule has 0 unspecified atom stereocenters. The Labute approximate surface area is 194 Å². The van der Waals surface area contributed by atoms with Crippen molar-refractivity contribution in [1.82, 2.24) is 14.5 Å². The second-order valence-electron chi connectivity index (χ2n) is 6.45. The highest BCUT2D eigenvalue weighted by atomic mass is 35.5. The number of hydrogen-bond acceptors (Lipinski definition) is 7. The Balaban J connectivity index is 1.68. The molecular weight excluding hydrogens is 479 g/mol. The molecule has 0 radical (unpaired) electrons. The van der Waals surface area contributed by atoms with Gasteiger partial charge in [-0.25, -0.2) is 12.8 Å². The van der Waals surface area contributed by atoms with Crippen LogP contribution in [0.4, 0.5) is 10.1 Å². The fraction of sp³-hybridized carbons (Fsp3) is 0.250. The van der Waals surface area contributed by atoms with Gasteiger partial charge < -0.3 is 9.73 Å². The smallest absolute Gasteiger partial charge is 0.277 e. The van der Waals surface area contributed by atoms with Crippen molar-refractivity contribution in [3.05, 3.63) is 53.3 Å². The van der Waals surface area contributed by atoms with E-state index in [9.17, 15) is 17.6 Å². The van der Waals surface area contributed by atoms with Crippen molar-refractivity contribution in [2.24, 2.45) is 0 Å². The van der Waals surface area contributed by atoms with E-state index in [1.165, 1.54) is 28.6 Å². The molecule has 1 heterocycles. The maximum atomic E-state index is 13.1. The van der Waals surface area contributed by atoms with Crippen LogP contribution in [0, 0.1) is 5.82 Å². The summed E-state index contributed by atoms with van der Waals surface area (Å²) in [6.07, 6.45) is 0. The van der Waals surface area contributed by atoms with Gasteiger partial charge in [-0.1, -0.05) is 43.3 Å². The SMILES string of the molecule is CCN(CC)S(=O)(=O)c1cccc(-c2nnc(SCC(=O)Nc3ccc(F)cc3Cl)o2)c1. The highest BCUT2D eigenvalue weighted by Gasteiger charge is 2.22. The number of aromatic nitrogens is 2. The van der Waals surface area contributed by atoms with Crippen LogP contribution in [0.2, 0.25) is 5.02 Å². The van der Waals surface area contributed by atoms with Crippen LogP contribution >= 0.6 is 23.4 Å². The Morgan fingerprint density at radius 2 is 1.94 bits per heavy atom. The molecule has 170 valence electrons. The Bertz CT molecular complexity index is 1220. The second-order valence-corrected chi connectivity index (χ2v) is 9.72. The van der Waals surface area contributed by atoms with Gasteiger partial charge in [-0.3, -0.25) is 4.79 Å². The number of nitrogens with one attached hydrogen (secondary N) is 1. The number of carbonyl (C=O) groups is 1. The lowest BCUT2D eigenvalue weighted by atomic mass is 10.2. The van der Waals surface area contributed by atoms with Gasteiger partial charge in [-0.15, -0.1) is 10.2 Å². The molecule has 3 aromatic rings. The molecule has 1 N–H and O–H groups in total. The first-order valence-electron chi connectivity index (χ1n) is 9.56. The van der Waals surface area contributed by atoms with E-state index in [0.29, 0.717) is 18.7 Å². The van der Waals surface area contributed by atoms with Crippen molar-refractivity contribution >= 4 is 45.0 Å². The van der Waals surface area contributed by atoms with Gasteiger partial charge in [-0.05, 0) is 36.4 Å². The number of thioether (sulfide) groups is 1. The molecule has 0 aliphatic rings. The highest BCUT2D eigenvalue weighted by Crippen LogP contribution is 2.27. The van der Waals surface area contributed by atoms with Crippen LogP contribution in [0.25, 0.3) is 11.5 Å². The fourth-order valence-electron chi connectivity index (χ4n) is 2.79. The summed E-state index contributed by atoms with van der Waals surface area (Å²) in [5.41, 5.74) is 0.733. The predicted octanol–water partition coefficient (Wildman–Crippen LogP) is 4.29. The van der Waals surface area contributed by atoms with Gasteiger partial charge in [-0.2, -0.15) is 4.31 Å². The Hall–Kier alpha value is -2.47. The first-order valence-corrected chi connectivity index (χ1v) is 12.4. The molecule has 0 saturated heterocycles. The van der Waals surface area contributed by atoms with Gasteiger partial charge in [0, 0.05) is 18.7 Å². The summed E-state index contributed by atoms with van der Waals surface area (Å²) in [6, 6.07) is 9.89. The monoisotopic (exact) mass is 498 g/mol. The first kappa shape index (κ1) is 24.2. The molecule has 32 heavy (non-hydrogen) atoms. The standard InChI is InChI=1S/C20H20ClFN4O4S2/c1-3-26(4-2)32(28,29)15-7-5-6-13(10-15)19-24-25-20(30-19)31-12-18(27)23-17-9-8-14(22)11-16(17)21/h5-11H,3-4,12H2,1-2H3,(H,23,27). The number of sulfonamides is 1. The summed E-state index contributed by atoms with van der Waals surface area (Å²) in [5, 5.41) is 10.6. The van der Waals surface area contributed by atoms with Crippen molar-refractivity contribution in [3.8, 4) is 11.5 Å². The van der Waals surface area contributed by atoms with E-state index in [2.05, 4.69) is 15.5 Å². The van der Waals surface area contributed by atoms with Crippen LogP contribution in [-0.2, 0) is 14.8 Å². The average molecular weight is 499 g/mol. The molecule has 0 bridgehead atoms. The van der Waals surface area contributed by atoms with E-state index in [-0.39, 0.29) is 32.5 Å².